The van der Waals surface area contributed by atoms with Crippen LogP contribution in [0.1, 0.15) is 0 Å². The van der Waals surface area contributed by atoms with Gasteiger partial charge in [0.05, 0.1) is 25.1 Å². The monoisotopic (exact) mass is 333 g/mol. The maximum Gasteiger partial charge on any atom is 0.347 e. The minimum atomic E-state index is -0.464. The fourth-order valence-electron chi connectivity index (χ4n) is 2.93. The molecule has 0 radical (unpaired) electrons. The second-order valence-corrected chi connectivity index (χ2v) is 5.56. The van der Waals surface area contributed by atoms with Gasteiger partial charge in [-0.15, -0.1) is 0 Å². The van der Waals surface area contributed by atoms with E-state index in [2.05, 4.69) is 4.98 Å². The van der Waals surface area contributed by atoms with Crippen LogP contribution in [-0.2, 0) is 0 Å². The lowest BCUT2D eigenvalue weighted by atomic mass is 10.0. The third kappa shape index (κ3) is 2.50. The first-order valence-corrected chi connectivity index (χ1v) is 7.76. The summed E-state index contributed by atoms with van der Waals surface area (Å²) in [4.78, 5) is 17.0. The highest BCUT2D eigenvalue weighted by Gasteiger charge is 2.14. The quantitative estimate of drug-likeness (QED) is 0.566. The zero-order valence-electron chi connectivity index (χ0n) is 13.8. The fourth-order valence-corrected chi connectivity index (χ4v) is 2.93. The van der Waals surface area contributed by atoms with Crippen LogP contribution in [0.4, 0.5) is 0 Å². The normalized spacial score (nSPS) is 11.0. The topological polar surface area (TPSA) is 61.6 Å². The number of rotatable bonds is 3. The van der Waals surface area contributed by atoms with Crippen LogP contribution in [0, 0.1) is 0 Å². The summed E-state index contributed by atoms with van der Waals surface area (Å²) in [6, 6.07) is 17.0. The molecular formula is C20H15NO4. The summed E-state index contributed by atoms with van der Waals surface area (Å²) in [7, 11) is 3.06. The van der Waals surface area contributed by atoms with Gasteiger partial charge < -0.3 is 13.9 Å². The van der Waals surface area contributed by atoms with Gasteiger partial charge in [0.25, 0.3) is 0 Å². The fraction of sp³-hybridized carbons (Fsp3) is 0.100. The van der Waals surface area contributed by atoms with E-state index in [0.29, 0.717) is 22.4 Å². The van der Waals surface area contributed by atoms with E-state index < -0.39 is 5.63 Å². The van der Waals surface area contributed by atoms with Crippen molar-refractivity contribution in [2.45, 2.75) is 0 Å². The Hall–Kier alpha value is -3.34. The second-order valence-electron chi connectivity index (χ2n) is 5.56. The standard InChI is InChI=1S/C20H15NO4/c1-23-17-10-15-16(11-18(17)24-2)21-19(25-20(15)22)14-9-5-7-12-6-3-4-8-13(12)14/h3-11H,1-2H3. The zero-order valence-corrected chi connectivity index (χ0v) is 13.8. The van der Waals surface area contributed by atoms with Gasteiger partial charge in [-0.2, -0.15) is 0 Å². The zero-order chi connectivity index (χ0) is 17.4. The van der Waals surface area contributed by atoms with Crippen molar-refractivity contribution in [3.63, 3.8) is 0 Å². The maximum absolute atomic E-state index is 12.5. The lowest BCUT2D eigenvalue weighted by Gasteiger charge is -2.09. The molecule has 0 N–H and O–H groups in total. The molecule has 1 heterocycles. The average molecular weight is 333 g/mol. The SMILES string of the molecule is COc1cc2nc(-c3cccc4ccccc34)oc(=O)c2cc1OC. The Morgan fingerprint density at radius 1 is 0.880 bits per heavy atom. The molecule has 4 aromatic rings. The molecule has 0 amide bonds. The van der Waals surface area contributed by atoms with Gasteiger partial charge in [-0.25, -0.2) is 9.78 Å². The van der Waals surface area contributed by atoms with Crippen LogP contribution in [-0.4, -0.2) is 19.2 Å². The number of nitrogens with zero attached hydrogens (tertiary/aromatic N) is 1. The van der Waals surface area contributed by atoms with Crippen molar-refractivity contribution in [3.8, 4) is 23.0 Å². The van der Waals surface area contributed by atoms with E-state index in [1.54, 1.807) is 19.2 Å². The summed E-state index contributed by atoms with van der Waals surface area (Å²) in [6.45, 7) is 0. The van der Waals surface area contributed by atoms with Gasteiger partial charge in [0.15, 0.2) is 11.5 Å². The number of ether oxygens (including phenoxy) is 2. The summed E-state index contributed by atoms with van der Waals surface area (Å²) < 4.78 is 16.0. The Labute approximate surface area is 143 Å². The summed E-state index contributed by atoms with van der Waals surface area (Å²) in [5.74, 6) is 1.25. The van der Waals surface area contributed by atoms with E-state index in [-0.39, 0.29) is 5.89 Å². The van der Waals surface area contributed by atoms with E-state index in [0.717, 1.165) is 16.3 Å². The summed E-state index contributed by atoms with van der Waals surface area (Å²) in [5.41, 5.74) is 0.803. The summed E-state index contributed by atoms with van der Waals surface area (Å²) in [5, 5.41) is 2.37. The van der Waals surface area contributed by atoms with E-state index in [1.165, 1.54) is 7.11 Å². The number of fused-ring (bicyclic) bond motifs is 2. The van der Waals surface area contributed by atoms with Gasteiger partial charge in [0.1, 0.15) is 0 Å². The third-order valence-electron chi connectivity index (χ3n) is 4.15. The molecule has 0 saturated heterocycles. The van der Waals surface area contributed by atoms with Crippen molar-refractivity contribution >= 4 is 21.7 Å². The van der Waals surface area contributed by atoms with Crippen molar-refractivity contribution in [2.24, 2.45) is 0 Å². The molecule has 3 aromatic carbocycles. The molecule has 5 nitrogen and oxygen atoms in total. The Morgan fingerprint density at radius 2 is 1.60 bits per heavy atom. The average Bonchev–Trinajstić information content (AvgIpc) is 2.66. The van der Waals surface area contributed by atoms with Crippen LogP contribution in [0.25, 0.3) is 33.1 Å². The molecule has 0 unspecified atom stereocenters. The Kier molecular flexibility index (Phi) is 3.61. The highest BCUT2D eigenvalue weighted by molar-refractivity contribution is 5.95. The first-order valence-electron chi connectivity index (χ1n) is 7.76. The van der Waals surface area contributed by atoms with Gasteiger partial charge in [-0.1, -0.05) is 36.4 Å². The van der Waals surface area contributed by atoms with Crippen LogP contribution in [0.15, 0.2) is 63.8 Å². The molecule has 0 atom stereocenters. The molecule has 4 rings (SSSR count). The van der Waals surface area contributed by atoms with Crippen molar-refractivity contribution in [1.82, 2.24) is 4.98 Å². The smallest absolute Gasteiger partial charge is 0.347 e. The van der Waals surface area contributed by atoms with Crippen LogP contribution in [0.3, 0.4) is 0 Å². The largest absolute Gasteiger partial charge is 0.493 e. The molecule has 0 aliphatic heterocycles. The number of hydrogen-bond acceptors (Lipinski definition) is 5. The first-order chi connectivity index (χ1) is 12.2. The predicted molar refractivity (Wildman–Crippen MR) is 96.3 cm³/mol. The van der Waals surface area contributed by atoms with Crippen molar-refractivity contribution in [2.75, 3.05) is 14.2 Å². The van der Waals surface area contributed by atoms with Crippen LogP contribution in [0.5, 0.6) is 11.5 Å². The van der Waals surface area contributed by atoms with Crippen LogP contribution in [0.2, 0.25) is 0 Å². The first kappa shape index (κ1) is 15.2. The van der Waals surface area contributed by atoms with E-state index in [9.17, 15) is 4.79 Å². The van der Waals surface area contributed by atoms with Crippen LogP contribution >= 0.6 is 0 Å². The molecule has 0 aliphatic rings. The molecular weight excluding hydrogens is 318 g/mol. The Bertz CT molecular complexity index is 1140. The van der Waals surface area contributed by atoms with E-state index >= 15 is 0 Å². The van der Waals surface area contributed by atoms with Gasteiger partial charge in [0.2, 0.25) is 5.89 Å². The van der Waals surface area contributed by atoms with Gasteiger partial charge >= 0.3 is 5.63 Å². The van der Waals surface area contributed by atoms with Crippen molar-refractivity contribution < 1.29 is 13.9 Å². The number of methoxy groups -OCH3 is 2. The van der Waals surface area contributed by atoms with Crippen molar-refractivity contribution in [1.29, 1.82) is 0 Å². The molecule has 0 saturated carbocycles. The van der Waals surface area contributed by atoms with Crippen molar-refractivity contribution in [3.05, 3.63) is 65.0 Å². The lowest BCUT2D eigenvalue weighted by Crippen LogP contribution is -2.04. The summed E-state index contributed by atoms with van der Waals surface area (Å²) >= 11 is 0. The van der Waals surface area contributed by atoms with Crippen LogP contribution < -0.4 is 15.1 Å². The molecule has 0 aliphatic carbocycles. The minimum absolute atomic E-state index is 0.279. The molecule has 5 heteroatoms. The second kappa shape index (κ2) is 5.94. The summed E-state index contributed by atoms with van der Waals surface area (Å²) in [6.07, 6.45) is 0. The highest BCUT2D eigenvalue weighted by Crippen LogP contribution is 2.32. The lowest BCUT2D eigenvalue weighted by molar-refractivity contribution is 0.355. The number of aromatic nitrogens is 1. The molecule has 1 aromatic heterocycles. The van der Waals surface area contributed by atoms with Gasteiger partial charge in [-0.05, 0) is 16.8 Å². The number of hydrogen-bond donors (Lipinski definition) is 0. The van der Waals surface area contributed by atoms with Gasteiger partial charge in [-0.3, -0.25) is 0 Å². The van der Waals surface area contributed by atoms with E-state index in [4.69, 9.17) is 13.9 Å². The van der Waals surface area contributed by atoms with E-state index in [1.807, 2.05) is 42.5 Å². The molecule has 0 bridgehead atoms. The third-order valence-corrected chi connectivity index (χ3v) is 4.15. The number of benzene rings is 3. The Balaban J connectivity index is 2.01. The predicted octanol–water partition coefficient (Wildman–Crippen LogP) is 4.03. The molecule has 124 valence electrons. The minimum Gasteiger partial charge on any atom is -0.493 e. The highest BCUT2D eigenvalue weighted by atomic mass is 16.5. The molecule has 0 spiro atoms. The Morgan fingerprint density at radius 3 is 2.40 bits per heavy atom. The molecule has 25 heavy (non-hydrogen) atoms. The van der Waals surface area contributed by atoms with Gasteiger partial charge in [0, 0.05) is 17.7 Å². The maximum atomic E-state index is 12.5. The molecule has 0 fully saturated rings.